The lowest BCUT2D eigenvalue weighted by Crippen LogP contribution is -2.43. The maximum atomic E-state index is 12.8. The van der Waals surface area contributed by atoms with E-state index in [1.165, 1.54) is 29.2 Å². The van der Waals surface area contributed by atoms with Crippen molar-refractivity contribution in [3.8, 4) is 0 Å². The van der Waals surface area contributed by atoms with Crippen LogP contribution < -0.4 is 5.73 Å². The Kier molecular flexibility index (Phi) is 3.29. The van der Waals surface area contributed by atoms with E-state index >= 15 is 0 Å². The number of nitrogens with two attached hydrogens (primary N) is 1. The van der Waals surface area contributed by atoms with Gasteiger partial charge in [-0.15, -0.1) is 0 Å². The highest BCUT2D eigenvalue weighted by Gasteiger charge is 2.37. The summed E-state index contributed by atoms with van der Waals surface area (Å²) in [6, 6.07) is 4.19. The van der Waals surface area contributed by atoms with Crippen LogP contribution in [0.4, 0.5) is 4.39 Å². The Labute approximate surface area is 103 Å². The Bertz CT molecular complexity index is 475. The Hall–Kier alpha value is -1.95. The number of hydrogen-bond donors (Lipinski definition) is 2. The van der Waals surface area contributed by atoms with Crippen LogP contribution in [-0.4, -0.2) is 40.5 Å². The minimum absolute atomic E-state index is 0.0593. The highest BCUT2D eigenvalue weighted by molar-refractivity contribution is 5.97. The van der Waals surface area contributed by atoms with Gasteiger partial charge in [-0.25, -0.2) is 4.39 Å². The molecule has 1 aliphatic heterocycles. The molecule has 18 heavy (non-hydrogen) atoms. The van der Waals surface area contributed by atoms with Crippen LogP contribution in [0.1, 0.15) is 16.8 Å². The minimum Gasteiger partial charge on any atom is -0.391 e. The van der Waals surface area contributed by atoms with Gasteiger partial charge in [0.2, 0.25) is 5.91 Å². The van der Waals surface area contributed by atoms with Crippen molar-refractivity contribution in [3.05, 3.63) is 35.6 Å². The zero-order chi connectivity index (χ0) is 13.3. The molecule has 0 saturated carbocycles. The number of β-amino-alcohol motifs (C(OH)–C–C–N with tert-alkyl or cyclic N) is 1. The van der Waals surface area contributed by atoms with E-state index in [-0.39, 0.29) is 18.5 Å². The highest BCUT2D eigenvalue weighted by Crippen LogP contribution is 2.20. The van der Waals surface area contributed by atoms with E-state index in [9.17, 15) is 19.1 Å². The number of aliphatic hydroxyl groups excluding tert-OH is 1. The molecule has 2 atom stereocenters. The molecule has 1 aliphatic rings. The lowest BCUT2D eigenvalue weighted by atomic mass is 10.1. The van der Waals surface area contributed by atoms with Crippen molar-refractivity contribution < 1.29 is 19.1 Å². The molecule has 0 radical (unpaired) electrons. The Balaban J connectivity index is 2.22. The molecule has 2 rings (SSSR count). The number of carbonyl (C=O) groups is 2. The van der Waals surface area contributed by atoms with Crippen LogP contribution in [-0.2, 0) is 4.79 Å². The third-order valence-corrected chi connectivity index (χ3v) is 2.96. The average molecular weight is 252 g/mol. The van der Waals surface area contributed by atoms with Gasteiger partial charge in [0.05, 0.1) is 6.10 Å². The molecular formula is C12H13FN2O3. The van der Waals surface area contributed by atoms with Crippen molar-refractivity contribution in [2.24, 2.45) is 5.73 Å². The molecule has 0 aromatic heterocycles. The Morgan fingerprint density at radius 3 is 2.50 bits per heavy atom. The Morgan fingerprint density at radius 1 is 1.33 bits per heavy atom. The molecule has 1 aromatic carbocycles. The Morgan fingerprint density at radius 2 is 1.94 bits per heavy atom. The zero-order valence-corrected chi connectivity index (χ0v) is 9.54. The number of rotatable bonds is 2. The molecule has 1 saturated heterocycles. The number of likely N-dealkylation sites (tertiary alicyclic amines) is 1. The number of primary amides is 1. The quantitative estimate of drug-likeness (QED) is 0.770. The molecule has 2 unspecified atom stereocenters. The number of amides is 2. The first-order chi connectivity index (χ1) is 8.49. The topological polar surface area (TPSA) is 83.6 Å². The van der Waals surface area contributed by atoms with Crippen LogP contribution in [0.3, 0.4) is 0 Å². The second-order valence-corrected chi connectivity index (χ2v) is 4.27. The van der Waals surface area contributed by atoms with Crippen molar-refractivity contribution in [2.75, 3.05) is 6.54 Å². The summed E-state index contributed by atoms with van der Waals surface area (Å²) in [6.45, 7) is 0.0593. The van der Waals surface area contributed by atoms with Gasteiger partial charge >= 0.3 is 0 Å². The van der Waals surface area contributed by atoms with Gasteiger partial charge in [0.25, 0.3) is 5.91 Å². The fourth-order valence-corrected chi connectivity index (χ4v) is 2.07. The van der Waals surface area contributed by atoms with Gasteiger partial charge in [0, 0.05) is 18.5 Å². The summed E-state index contributed by atoms with van der Waals surface area (Å²) in [5, 5.41) is 9.50. The van der Waals surface area contributed by atoms with Crippen LogP contribution in [0, 0.1) is 5.82 Å². The van der Waals surface area contributed by atoms with E-state index in [2.05, 4.69) is 0 Å². The van der Waals surface area contributed by atoms with Crippen LogP contribution in [0.15, 0.2) is 24.3 Å². The fourth-order valence-electron chi connectivity index (χ4n) is 2.07. The van der Waals surface area contributed by atoms with Crippen molar-refractivity contribution in [1.29, 1.82) is 0 Å². The third kappa shape index (κ3) is 2.33. The van der Waals surface area contributed by atoms with Gasteiger partial charge in [0.1, 0.15) is 11.9 Å². The number of halogens is 1. The molecular weight excluding hydrogens is 239 g/mol. The van der Waals surface area contributed by atoms with Gasteiger partial charge in [-0.3, -0.25) is 9.59 Å². The molecule has 0 spiro atoms. The standard InChI is InChI=1S/C12H13FN2O3/c13-8-3-1-7(2-4-8)12(18)15-6-9(16)5-10(15)11(14)17/h1-4,9-10,16H,5-6H2,(H2,14,17). The number of aliphatic hydroxyl groups is 1. The maximum absolute atomic E-state index is 12.8. The molecule has 0 aliphatic carbocycles. The van der Waals surface area contributed by atoms with E-state index < -0.39 is 29.8 Å². The number of nitrogens with zero attached hydrogens (tertiary/aromatic N) is 1. The number of benzene rings is 1. The summed E-state index contributed by atoms with van der Waals surface area (Å²) in [5.41, 5.74) is 5.45. The second-order valence-electron chi connectivity index (χ2n) is 4.27. The summed E-state index contributed by atoms with van der Waals surface area (Å²) in [5.74, 6) is -1.53. The summed E-state index contributed by atoms with van der Waals surface area (Å²) < 4.78 is 12.8. The van der Waals surface area contributed by atoms with Gasteiger partial charge in [0.15, 0.2) is 0 Å². The fraction of sp³-hybridized carbons (Fsp3) is 0.333. The maximum Gasteiger partial charge on any atom is 0.254 e. The third-order valence-electron chi connectivity index (χ3n) is 2.96. The summed E-state index contributed by atoms with van der Waals surface area (Å²) in [7, 11) is 0. The summed E-state index contributed by atoms with van der Waals surface area (Å²) in [4.78, 5) is 24.5. The van der Waals surface area contributed by atoms with Crippen molar-refractivity contribution in [1.82, 2.24) is 4.90 Å². The van der Waals surface area contributed by atoms with Gasteiger partial charge in [-0.1, -0.05) is 0 Å². The van der Waals surface area contributed by atoms with Crippen LogP contribution in [0.2, 0.25) is 0 Å². The predicted octanol–water partition coefficient (Wildman–Crippen LogP) is -0.114. The van der Waals surface area contributed by atoms with Crippen LogP contribution in [0.25, 0.3) is 0 Å². The first-order valence-electron chi connectivity index (χ1n) is 5.53. The van der Waals surface area contributed by atoms with Crippen molar-refractivity contribution in [2.45, 2.75) is 18.6 Å². The van der Waals surface area contributed by atoms with Crippen LogP contribution >= 0.6 is 0 Å². The van der Waals surface area contributed by atoms with E-state index in [1.807, 2.05) is 0 Å². The second kappa shape index (κ2) is 4.73. The molecule has 1 fully saturated rings. The van der Waals surface area contributed by atoms with Crippen molar-refractivity contribution in [3.63, 3.8) is 0 Å². The van der Waals surface area contributed by atoms with E-state index in [4.69, 9.17) is 5.73 Å². The smallest absolute Gasteiger partial charge is 0.254 e. The van der Waals surface area contributed by atoms with E-state index in [0.29, 0.717) is 0 Å². The summed E-state index contributed by atoms with van der Waals surface area (Å²) >= 11 is 0. The number of hydrogen-bond acceptors (Lipinski definition) is 3. The average Bonchev–Trinajstić information content (AvgIpc) is 2.71. The normalized spacial score (nSPS) is 23.1. The molecule has 5 nitrogen and oxygen atoms in total. The first-order valence-corrected chi connectivity index (χ1v) is 5.53. The summed E-state index contributed by atoms with van der Waals surface area (Å²) in [6.07, 6.45) is -0.616. The SMILES string of the molecule is NC(=O)C1CC(O)CN1C(=O)c1ccc(F)cc1. The van der Waals surface area contributed by atoms with Crippen LogP contribution in [0.5, 0.6) is 0 Å². The zero-order valence-electron chi connectivity index (χ0n) is 9.54. The molecule has 96 valence electrons. The minimum atomic E-state index is -0.808. The highest BCUT2D eigenvalue weighted by atomic mass is 19.1. The molecule has 3 N–H and O–H groups in total. The first kappa shape index (κ1) is 12.5. The predicted molar refractivity (Wildman–Crippen MR) is 61.0 cm³/mol. The van der Waals surface area contributed by atoms with Crippen molar-refractivity contribution >= 4 is 11.8 Å². The van der Waals surface area contributed by atoms with E-state index in [0.717, 1.165) is 0 Å². The molecule has 0 bridgehead atoms. The van der Waals surface area contributed by atoms with E-state index in [1.54, 1.807) is 0 Å². The lowest BCUT2D eigenvalue weighted by Gasteiger charge is -2.21. The van der Waals surface area contributed by atoms with Gasteiger partial charge < -0.3 is 15.7 Å². The monoisotopic (exact) mass is 252 g/mol. The van der Waals surface area contributed by atoms with Gasteiger partial charge in [-0.2, -0.15) is 0 Å². The van der Waals surface area contributed by atoms with Gasteiger partial charge in [-0.05, 0) is 24.3 Å². The largest absolute Gasteiger partial charge is 0.391 e. The molecule has 6 heteroatoms. The lowest BCUT2D eigenvalue weighted by molar-refractivity contribution is -0.121. The molecule has 1 aromatic rings. The number of carbonyl (C=O) groups excluding carboxylic acids is 2. The molecule has 1 heterocycles. The molecule has 2 amide bonds.